The Labute approximate surface area is 177 Å². The zero-order valence-corrected chi connectivity index (χ0v) is 16.6. The molecule has 2 heterocycles. The molecule has 0 aliphatic carbocycles. The molecule has 4 rings (SSSR count). The number of halogens is 4. The molecule has 7 nitrogen and oxygen atoms in total. The van der Waals surface area contributed by atoms with Crippen molar-refractivity contribution in [2.45, 2.75) is 19.9 Å². The molecule has 2 aromatic carbocycles. The van der Waals surface area contributed by atoms with Crippen LogP contribution in [0.4, 0.5) is 23.2 Å². The Balaban J connectivity index is 1.56. The molecule has 1 N–H and O–H groups in total. The lowest BCUT2D eigenvalue weighted by Crippen LogP contribution is -2.26. The number of nitrogens with one attached hydrogen (secondary N) is 1. The van der Waals surface area contributed by atoms with Gasteiger partial charge < -0.3 is 5.32 Å². The molecule has 0 unspecified atom stereocenters. The van der Waals surface area contributed by atoms with Crippen molar-refractivity contribution < 1.29 is 22.4 Å². The van der Waals surface area contributed by atoms with Gasteiger partial charge in [-0.05, 0) is 43.3 Å². The van der Waals surface area contributed by atoms with E-state index in [-0.39, 0.29) is 29.8 Å². The summed E-state index contributed by atoms with van der Waals surface area (Å²) in [7, 11) is 0. The van der Waals surface area contributed by atoms with Gasteiger partial charge in [-0.15, -0.1) is 0 Å². The Morgan fingerprint density at radius 2 is 1.75 bits per heavy atom. The fourth-order valence-electron chi connectivity index (χ4n) is 3.19. The van der Waals surface area contributed by atoms with Gasteiger partial charge in [-0.2, -0.15) is 5.10 Å². The van der Waals surface area contributed by atoms with E-state index in [9.17, 15) is 27.2 Å². The molecule has 2 aromatic heterocycles. The third-order valence-corrected chi connectivity index (χ3v) is 4.82. The number of carbonyl (C=O) groups is 1. The molecule has 4 aromatic rings. The number of anilines is 1. The maximum atomic E-state index is 13.7. The van der Waals surface area contributed by atoms with Gasteiger partial charge in [0.2, 0.25) is 5.91 Å². The molecule has 0 aliphatic heterocycles. The van der Waals surface area contributed by atoms with Gasteiger partial charge >= 0.3 is 0 Å². The molecule has 0 saturated heterocycles. The van der Waals surface area contributed by atoms with Crippen LogP contribution < -0.4 is 10.9 Å². The second-order valence-corrected chi connectivity index (χ2v) is 6.91. The minimum absolute atomic E-state index is 0.0908. The molecule has 1 amide bonds. The lowest BCUT2D eigenvalue weighted by Gasteiger charge is -2.11. The van der Waals surface area contributed by atoms with Crippen molar-refractivity contribution >= 4 is 22.6 Å². The van der Waals surface area contributed by atoms with Gasteiger partial charge in [0.15, 0.2) is 23.1 Å². The van der Waals surface area contributed by atoms with Crippen LogP contribution in [-0.4, -0.2) is 25.2 Å². The van der Waals surface area contributed by atoms with E-state index in [1.54, 1.807) is 6.92 Å². The predicted octanol–water partition coefficient (Wildman–Crippen LogP) is 3.48. The highest BCUT2D eigenvalue weighted by Gasteiger charge is 2.17. The number of aryl methyl sites for hydroxylation is 1. The summed E-state index contributed by atoms with van der Waals surface area (Å²) in [6.45, 7) is 1.47. The second kappa shape index (κ2) is 8.25. The number of hydrogen-bond acceptors (Lipinski definition) is 4. The number of fused-ring (bicyclic) bond motifs is 1. The van der Waals surface area contributed by atoms with E-state index < -0.39 is 40.4 Å². The third kappa shape index (κ3) is 3.84. The summed E-state index contributed by atoms with van der Waals surface area (Å²) in [5.41, 5.74) is -0.179. The molecule has 32 heavy (non-hydrogen) atoms. The minimum Gasteiger partial charge on any atom is -0.323 e. The molecule has 0 aliphatic rings. The Hall–Kier alpha value is -4.02. The zero-order chi connectivity index (χ0) is 23.0. The van der Waals surface area contributed by atoms with Crippen LogP contribution in [0.3, 0.4) is 0 Å². The van der Waals surface area contributed by atoms with Crippen LogP contribution in [-0.2, 0) is 11.3 Å². The van der Waals surface area contributed by atoms with Gasteiger partial charge in [-0.3, -0.25) is 14.2 Å². The van der Waals surface area contributed by atoms with E-state index in [1.807, 2.05) is 0 Å². The highest BCUT2D eigenvalue weighted by molar-refractivity contribution is 5.90. The molecular weight excluding hydrogens is 430 g/mol. The molecule has 0 atom stereocenters. The van der Waals surface area contributed by atoms with Crippen molar-refractivity contribution in [3.63, 3.8) is 0 Å². The van der Waals surface area contributed by atoms with Crippen molar-refractivity contribution in [2.24, 2.45) is 0 Å². The van der Waals surface area contributed by atoms with E-state index >= 15 is 0 Å². The fraction of sp³-hybridized carbons (Fsp3) is 0.143. The average molecular weight is 445 g/mol. The molecule has 0 fully saturated rings. The Bertz CT molecular complexity index is 1400. The van der Waals surface area contributed by atoms with Crippen LogP contribution in [0.2, 0.25) is 0 Å². The molecule has 0 radical (unpaired) electrons. The fourth-order valence-corrected chi connectivity index (χ4v) is 3.19. The number of rotatable bonds is 5. The summed E-state index contributed by atoms with van der Waals surface area (Å²) < 4.78 is 55.9. The van der Waals surface area contributed by atoms with Crippen LogP contribution in [0.25, 0.3) is 16.7 Å². The summed E-state index contributed by atoms with van der Waals surface area (Å²) in [5, 5.41) is 6.48. The SMILES string of the molecule is Cc1nc2c(cnn2-c2ccc(F)cc2)c(=O)n1CCC(=O)Nc1ccc(F)c(F)c1F. The molecule has 0 bridgehead atoms. The lowest BCUT2D eigenvalue weighted by atomic mass is 10.2. The Kier molecular flexibility index (Phi) is 5.47. The summed E-state index contributed by atoms with van der Waals surface area (Å²) in [4.78, 5) is 29.4. The molecule has 0 saturated carbocycles. The van der Waals surface area contributed by atoms with Gasteiger partial charge in [0.1, 0.15) is 17.0 Å². The van der Waals surface area contributed by atoms with Gasteiger partial charge in [-0.1, -0.05) is 0 Å². The highest BCUT2D eigenvalue weighted by atomic mass is 19.2. The third-order valence-electron chi connectivity index (χ3n) is 4.82. The summed E-state index contributed by atoms with van der Waals surface area (Å²) in [5.74, 6) is -5.41. The minimum atomic E-state index is -1.69. The number of nitrogens with zero attached hydrogens (tertiary/aromatic N) is 4. The number of carbonyl (C=O) groups excluding carboxylic acids is 1. The Morgan fingerprint density at radius 3 is 2.47 bits per heavy atom. The number of amides is 1. The van der Waals surface area contributed by atoms with Gasteiger partial charge in [0.25, 0.3) is 5.56 Å². The number of hydrogen-bond donors (Lipinski definition) is 1. The van der Waals surface area contributed by atoms with Gasteiger partial charge in [0.05, 0.1) is 17.6 Å². The summed E-state index contributed by atoms with van der Waals surface area (Å²) >= 11 is 0. The summed E-state index contributed by atoms with van der Waals surface area (Å²) in [6, 6.07) is 7.09. The monoisotopic (exact) mass is 445 g/mol. The van der Waals surface area contributed by atoms with Gasteiger partial charge in [0, 0.05) is 13.0 Å². The van der Waals surface area contributed by atoms with Crippen molar-refractivity contribution in [1.82, 2.24) is 19.3 Å². The number of aromatic nitrogens is 4. The van der Waals surface area contributed by atoms with Crippen molar-refractivity contribution in [1.29, 1.82) is 0 Å². The summed E-state index contributed by atoms with van der Waals surface area (Å²) in [6.07, 6.45) is 1.07. The maximum Gasteiger partial charge on any atom is 0.264 e. The first-order valence-electron chi connectivity index (χ1n) is 9.40. The van der Waals surface area contributed by atoms with Crippen molar-refractivity contribution in [2.75, 3.05) is 5.32 Å². The standard InChI is InChI=1S/C21H15F4N5O2/c1-11-27-20-14(10-26-30(20)13-4-2-12(22)3-5-13)21(32)29(11)9-8-17(31)28-16-7-6-15(23)18(24)19(16)25/h2-7,10H,8-9H2,1H3,(H,28,31). The quantitative estimate of drug-likeness (QED) is 0.377. The van der Waals surface area contributed by atoms with Crippen LogP contribution in [0.5, 0.6) is 0 Å². The van der Waals surface area contributed by atoms with E-state index in [2.05, 4.69) is 15.4 Å². The van der Waals surface area contributed by atoms with E-state index in [0.29, 0.717) is 11.8 Å². The lowest BCUT2D eigenvalue weighted by molar-refractivity contribution is -0.116. The highest BCUT2D eigenvalue weighted by Crippen LogP contribution is 2.20. The van der Waals surface area contributed by atoms with E-state index in [4.69, 9.17) is 0 Å². The molecular formula is C21H15F4N5O2. The maximum absolute atomic E-state index is 13.7. The first-order chi connectivity index (χ1) is 15.3. The van der Waals surface area contributed by atoms with Gasteiger partial charge in [-0.25, -0.2) is 27.2 Å². The van der Waals surface area contributed by atoms with Crippen LogP contribution in [0, 0.1) is 30.2 Å². The molecule has 11 heteroatoms. The normalized spacial score (nSPS) is 11.2. The first-order valence-corrected chi connectivity index (χ1v) is 9.40. The van der Waals surface area contributed by atoms with Crippen molar-refractivity contribution in [3.05, 3.63) is 82.0 Å². The van der Waals surface area contributed by atoms with E-state index in [0.717, 1.165) is 6.07 Å². The van der Waals surface area contributed by atoms with E-state index in [1.165, 1.54) is 39.7 Å². The van der Waals surface area contributed by atoms with Crippen LogP contribution in [0.1, 0.15) is 12.2 Å². The first kappa shape index (κ1) is 21.2. The molecule has 164 valence electrons. The number of benzene rings is 2. The molecule has 0 spiro atoms. The van der Waals surface area contributed by atoms with Crippen LogP contribution in [0.15, 0.2) is 47.4 Å². The van der Waals surface area contributed by atoms with Crippen LogP contribution >= 0.6 is 0 Å². The largest absolute Gasteiger partial charge is 0.323 e. The smallest absolute Gasteiger partial charge is 0.264 e. The average Bonchev–Trinajstić information content (AvgIpc) is 3.18. The second-order valence-electron chi connectivity index (χ2n) is 6.91. The predicted molar refractivity (Wildman–Crippen MR) is 107 cm³/mol. The topological polar surface area (TPSA) is 81.8 Å². The Morgan fingerprint density at radius 1 is 1.03 bits per heavy atom. The zero-order valence-electron chi connectivity index (χ0n) is 16.6. The van der Waals surface area contributed by atoms with Crippen molar-refractivity contribution in [3.8, 4) is 5.69 Å².